The molecule has 0 aliphatic carbocycles. The summed E-state index contributed by atoms with van der Waals surface area (Å²) in [4.78, 5) is 25.2. The van der Waals surface area contributed by atoms with E-state index in [1.807, 2.05) is 0 Å². The van der Waals surface area contributed by atoms with Crippen molar-refractivity contribution in [3.8, 4) is 0 Å². The van der Waals surface area contributed by atoms with Gasteiger partial charge in [0.2, 0.25) is 5.91 Å². The summed E-state index contributed by atoms with van der Waals surface area (Å²) in [6, 6.07) is 13.1. The van der Waals surface area contributed by atoms with E-state index in [1.54, 1.807) is 23.1 Å². The second kappa shape index (κ2) is 8.60. The monoisotopic (exact) mass is 417 g/mol. The summed E-state index contributed by atoms with van der Waals surface area (Å²) < 4.78 is 27.5. The molecule has 29 heavy (non-hydrogen) atoms. The number of amides is 1. The summed E-state index contributed by atoms with van der Waals surface area (Å²) in [6.45, 7) is 2.80. The lowest BCUT2D eigenvalue weighted by molar-refractivity contribution is -0.384. The fraction of sp³-hybridized carbons (Fsp3) is 0.350. The molecule has 2 aromatic carbocycles. The Balaban J connectivity index is 1.99. The molecule has 8 nitrogen and oxygen atoms in total. The number of hydrogen-bond acceptors (Lipinski definition) is 5. The molecule has 0 spiro atoms. The van der Waals surface area contributed by atoms with E-state index in [0.29, 0.717) is 19.0 Å². The van der Waals surface area contributed by atoms with Gasteiger partial charge < -0.3 is 4.90 Å². The van der Waals surface area contributed by atoms with Crippen LogP contribution in [0.25, 0.3) is 0 Å². The van der Waals surface area contributed by atoms with Gasteiger partial charge in [-0.25, -0.2) is 8.42 Å². The molecule has 2 aromatic rings. The first kappa shape index (κ1) is 20.8. The van der Waals surface area contributed by atoms with Gasteiger partial charge in [0, 0.05) is 25.2 Å². The van der Waals surface area contributed by atoms with Crippen molar-refractivity contribution in [1.29, 1.82) is 0 Å². The summed E-state index contributed by atoms with van der Waals surface area (Å²) in [6.07, 6.45) is 1.90. The second-order valence-electron chi connectivity index (χ2n) is 7.19. The van der Waals surface area contributed by atoms with Gasteiger partial charge in [0.1, 0.15) is 6.54 Å². The Kier molecular flexibility index (Phi) is 6.17. The van der Waals surface area contributed by atoms with Crippen LogP contribution in [0.4, 0.5) is 11.4 Å². The topological polar surface area (TPSA) is 101 Å². The van der Waals surface area contributed by atoms with E-state index in [2.05, 4.69) is 6.92 Å². The van der Waals surface area contributed by atoms with Gasteiger partial charge in [-0.1, -0.05) is 31.2 Å². The summed E-state index contributed by atoms with van der Waals surface area (Å²) >= 11 is 0. The predicted molar refractivity (Wildman–Crippen MR) is 109 cm³/mol. The van der Waals surface area contributed by atoms with E-state index in [-0.39, 0.29) is 22.2 Å². The van der Waals surface area contributed by atoms with Gasteiger partial charge in [-0.15, -0.1) is 0 Å². The van der Waals surface area contributed by atoms with E-state index in [9.17, 15) is 23.3 Å². The Bertz CT molecular complexity index is 994. The molecule has 154 valence electrons. The van der Waals surface area contributed by atoms with Crippen LogP contribution in [0.5, 0.6) is 0 Å². The summed E-state index contributed by atoms with van der Waals surface area (Å²) in [5.74, 6) is 0.0345. The van der Waals surface area contributed by atoms with E-state index < -0.39 is 21.5 Å². The van der Waals surface area contributed by atoms with E-state index in [1.165, 1.54) is 36.4 Å². The molecule has 1 saturated heterocycles. The summed E-state index contributed by atoms with van der Waals surface area (Å²) in [5, 5.41) is 11.2. The number of piperidine rings is 1. The zero-order chi connectivity index (χ0) is 21.0. The van der Waals surface area contributed by atoms with Gasteiger partial charge in [0.15, 0.2) is 0 Å². The molecule has 3 rings (SSSR count). The van der Waals surface area contributed by atoms with Crippen molar-refractivity contribution >= 4 is 27.3 Å². The van der Waals surface area contributed by atoms with Crippen molar-refractivity contribution in [3.05, 3.63) is 64.7 Å². The standard InChI is InChI=1S/C20H23N3O5S/c1-16-7-6-12-21(14-16)20(24)15-22(17-8-5-9-18(13-17)23(25)26)29(27,28)19-10-3-2-4-11-19/h2-5,8-11,13,16H,6-7,12,14-15H2,1H3/t16-/m1/s1. The molecule has 1 aliphatic rings. The zero-order valence-electron chi connectivity index (χ0n) is 16.1. The molecule has 1 amide bonds. The van der Waals surface area contributed by atoms with Crippen molar-refractivity contribution in [2.24, 2.45) is 5.92 Å². The van der Waals surface area contributed by atoms with E-state index in [4.69, 9.17) is 0 Å². The third kappa shape index (κ3) is 4.73. The second-order valence-corrected chi connectivity index (χ2v) is 9.05. The van der Waals surface area contributed by atoms with Crippen LogP contribution in [-0.4, -0.2) is 43.8 Å². The van der Waals surface area contributed by atoms with E-state index >= 15 is 0 Å². The van der Waals surface area contributed by atoms with Crippen LogP contribution in [0, 0.1) is 16.0 Å². The average molecular weight is 417 g/mol. The number of nitro groups is 1. The Hall–Kier alpha value is -2.94. The van der Waals surface area contributed by atoms with Gasteiger partial charge in [-0.2, -0.15) is 0 Å². The third-order valence-corrected chi connectivity index (χ3v) is 6.74. The van der Waals surface area contributed by atoms with Crippen molar-refractivity contribution in [2.75, 3.05) is 23.9 Å². The maximum absolute atomic E-state index is 13.3. The van der Waals surface area contributed by atoms with Crippen molar-refractivity contribution < 1.29 is 18.1 Å². The zero-order valence-corrected chi connectivity index (χ0v) is 16.9. The van der Waals surface area contributed by atoms with Crippen LogP contribution in [0.15, 0.2) is 59.5 Å². The number of nitro benzene ring substituents is 1. The molecule has 0 radical (unpaired) electrons. The van der Waals surface area contributed by atoms with Gasteiger partial charge in [-0.05, 0) is 37.0 Å². The molecule has 1 atom stereocenters. The van der Waals surface area contributed by atoms with Crippen LogP contribution in [-0.2, 0) is 14.8 Å². The summed E-state index contributed by atoms with van der Waals surface area (Å²) in [5.41, 5.74) is -0.156. The van der Waals surface area contributed by atoms with Crippen LogP contribution < -0.4 is 4.31 Å². The highest BCUT2D eigenvalue weighted by Gasteiger charge is 2.31. The first-order valence-electron chi connectivity index (χ1n) is 9.39. The highest BCUT2D eigenvalue weighted by molar-refractivity contribution is 7.92. The largest absolute Gasteiger partial charge is 0.341 e. The number of benzene rings is 2. The Morgan fingerprint density at radius 3 is 2.59 bits per heavy atom. The lowest BCUT2D eigenvalue weighted by atomic mass is 10.0. The molecular formula is C20H23N3O5S. The fourth-order valence-corrected chi connectivity index (χ4v) is 4.86. The maximum atomic E-state index is 13.3. The molecule has 0 N–H and O–H groups in total. The Morgan fingerprint density at radius 1 is 1.21 bits per heavy atom. The number of anilines is 1. The SMILES string of the molecule is C[C@@H]1CCCN(C(=O)CN(c2cccc([N+](=O)[O-])c2)S(=O)(=O)c2ccccc2)C1. The lowest BCUT2D eigenvalue weighted by Gasteiger charge is -2.33. The number of likely N-dealkylation sites (tertiary alicyclic amines) is 1. The molecule has 0 unspecified atom stereocenters. The number of sulfonamides is 1. The first-order chi connectivity index (χ1) is 13.8. The van der Waals surface area contributed by atoms with Crippen LogP contribution in [0.1, 0.15) is 19.8 Å². The average Bonchev–Trinajstić information content (AvgIpc) is 2.72. The van der Waals surface area contributed by atoms with Crippen LogP contribution >= 0.6 is 0 Å². The van der Waals surface area contributed by atoms with Gasteiger partial charge in [0.25, 0.3) is 15.7 Å². The number of carbonyl (C=O) groups is 1. The molecule has 1 heterocycles. The minimum atomic E-state index is -4.08. The van der Waals surface area contributed by atoms with Crippen molar-refractivity contribution in [2.45, 2.75) is 24.7 Å². The van der Waals surface area contributed by atoms with Crippen molar-refractivity contribution in [1.82, 2.24) is 4.90 Å². The van der Waals surface area contributed by atoms with Gasteiger partial charge in [-0.3, -0.25) is 19.2 Å². The number of nitrogens with zero attached hydrogens (tertiary/aromatic N) is 3. The molecule has 1 aliphatic heterocycles. The molecule has 9 heteroatoms. The normalized spacial score (nSPS) is 17.0. The molecule has 0 saturated carbocycles. The highest BCUT2D eigenvalue weighted by Crippen LogP contribution is 2.27. The molecule has 0 aromatic heterocycles. The minimum Gasteiger partial charge on any atom is -0.341 e. The van der Waals surface area contributed by atoms with Crippen molar-refractivity contribution in [3.63, 3.8) is 0 Å². The van der Waals surface area contributed by atoms with E-state index in [0.717, 1.165) is 17.1 Å². The minimum absolute atomic E-state index is 0.0197. The predicted octanol–water partition coefficient (Wildman–Crippen LogP) is 3.05. The quantitative estimate of drug-likeness (QED) is 0.531. The van der Waals surface area contributed by atoms with Crippen LogP contribution in [0.3, 0.4) is 0 Å². The van der Waals surface area contributed by atoms with Gasteiger partial charge >= 0.3 is 0 Å². The lowest BCUT2D eigenvalue weighted by Crippen LogP contribution is -2.46. The Labute approximate surface area is 169 Å². The maximum Gasteiger partial charge on any atom is 0.271 e. The van der Waals surface area contributed by atoms with Crippen LogP contribution in [0.2, 0.25) is 0 Å². The third-order valence-electron chi connectivity index (χ3n) is 4.95. The molecule has 0 bridgehead atoms. The number of rotatable bonds is 6. The molecule has 1 fully saturated rings. The summed E-state index contributed by atoms with van der Waals surface area (Å²) in [7, 11) is -4.08. The van der Waals surface area contributed by atoms with Gasteiger partial charge in [0.05, 0.1) is 15.5 Å². The highest BCUT2D eigenvalue weighted by atomic mass is 32.2. The Morgan fingerprint density at radius 2 is 1.93 bits per heavy atom. The molecular weight excluding hydrogens is 394 g/mol. The number of non-ortho nitro benzene ring substituents is 1. The number of hydrogen-bond donors (Lipinski definition) is 0. The number of carbonyl (C=O) groups excluding carboxylic acids is 1. The first-order valence-corrected chi connectivity index (χ1v) is 10.8. The fourth-order valence-electron chi connectivity index (χ4n) is 3.44. The smallest absolute Gasteiger partial charge is 0.271 e.